The van der Waals surface area contributed by atoms with E-state index in [-0.39, 0.29) is 29.8 Å². The highest BCUT2D eigenvalue weighted by Crippen LogP contribution is 2.28. The zero-order chi connectivity index (χ0) is 17.7. The number of carbonyl (C=O) groups excluding carboxylic acids is 1. The van der Waals surface area contributed by atoms with Crippen LogP contribution in [0.4, 0.5) is 15.8 Å². The van der Waals surface area contributed by atoms with Gasteiger partial charge in [0.1, 0.15) is 11.5 Å². The number of nitrogens with zero attached hydrogens (tertiary/aromatic N) is 2. The molecule has 0 aliphatic carbocycles. The van der Waals surface area contributed by atoms with E-state index in [4.69, 9.17) is 16.2 Å². The molecule has 1 aromatic rings. The van der Waals surface area contributed by atoms with Crippen molar-refractivity contribution in [3.8, 4) is 0 Å². The molecule has 10 heteroatoms. The van der Waals surface area contributed by atoms with Gasteiger partial charge in [-0.05, 0) is 31.9 Å². The van der Waals surface area contributed by atoms with E-state index in [9.17, 15) is 19.3 Å². The van der Waals surface area contributed by atoms with Gasteiger partial charge in [0.15, 0.2) is 0 Å². The number of likely N-dealkylation sites (tertiary alicyclic amines) is 1. The first kappa shape index (κ1) is 21.1. The van der Waals surface area contributed by atoms with Gasteiger partial charge >= 0.3 is 0 Å². The van der Waals surface area contributed by atoms with Crippen molar-refractivity contribution in [1.82, 2.24) is 4.90 Å². The van der Waals surface area contributed by atoms with E-state index in [0.29, 0.717) is 45.1 Å². The zero-order valence-electron chi connectivity index (χ0n) is 13.7. The lowest BCUT2D eigenvalue weighted by Gasteiger charge is -2.32. The third-order valence-electron chi connectivity index (χ3n) is 3.98. The Hall–Kier alpha value is -1.97. The van der Waals surface area contributed by atoms with Crippen LogP contribution in [0.15, 0.2) is 12.1 Å². The van der Waals surface area contributed by atoms with Gasteiger partial charge in [0, 0.05) is 19.7 Å². The number of carbonyl (C=O) groups is 1. The number of halogens is 2. The molecule has 0 bridgehead atoms. The number of hydrogen-bond acceptors (Lipinski definition) is 6. The van der Waals surface area contributed by atoms with Gasteiger partial charge < -0.3 is 21.1 Å². The van der Waals surface area contributed by atoms with Crippen LogP contribution in [0, 0.1) is 15.9 Å². The van der Waals surface area contributed by atoms with Crippen molar-refractivity contribution in [3.05, 3.63) is 33.6 Å². The molecule has 8 nitrogen and oxygen atoms in total. The van der Waals surface area contributed by atoms with Gasteiger partial charge in [-0.25, -0.2) is 4.39 Å². The van der Waals surface area contributed by atoms with E-state index in [1.807, 2.05) is 0 Å². The van der Waals surface area contributed by atoms with Gasteiger partial charge in [0.05, 0.1) is 22.7 Å². The maximum absolute atomic E-state index is 13.6. The van der Waals surface area contributed by atoms with E-state index in [1.54, 1.807) is 0 Å². The Morgan fingerprint density at radius 1 is 1.40 bits per heavy atom. The van der Waals surface area contributed by atoms with Crippen LogP contribution >= 0.6 is 12.4 Å². The predicted molar refractivity (Wildman–Crippen MR) is 93.3 cm³/mol. The van der Waals surface area contributed by atoms with Crippen LogP contribution in [0.2, 0.25) is 0 Å². The fraction of sp³-hybridized carbons (Fsp3) is 0.533. The second kappa shape index (κ2) is 9.50. The van der Waals surface area contributed by atoms with Crippen LogP contribution in [0.25, 0.3) is 0 Å². The minimum absolute atomic E-state index is 0. The molecule has 25 heavy (non-hydrogen) atoms. The summed E-state index contributed by atoms with van der Waals surface area (Å²) in [4.78, 5) is 24.1. The molecule has 1 heterocycles. The molecule has 0 atom stereocenters. The summed E-state index contributed by atoms with van der Waals surface area (Å²) < 4.78 is 19.2. The molecule has 0 saturated carbocycles. The molecular formula is C15H22ClFN4O4. The van der Waals surface area contributed by atoms with Crippen molar-refractivity contribution in [2.45, 2.75) is 25.4 Å². The highest BCUT2D eigenvalue weighted by molar-refractivity contribution is 6.01. The smallest absolute Gasteiger partial charge is 0.295 e. The molecule has 0 unspecified atom stereocenters. The van der Waals surface area contributed by atoms with Crippen LogP contribution in [-0.4, -0.2) is 48.1 Å². The summed E-state index contributed by atoms with van der Waals surface area (Å²) in [5.74, 6) is -1.37. The quantitative estimate of drug-likeness (QED) is 0.337. The summed E-state index contributed by atoms with van der Waals surface area (Å²) in [5, 5.41) is 10.9. The van der Waals surface area contributed by atoms with E-state index in [0.717, 1.165) is 12.5 Å². The van der Waals surface area contributed by atoms with Crippen molar-refractivity contribution in [1.29, 1.82) is 0 Å². The summed E-state index contributed by atoms with van der Waals surface area (Å²) in [6.45, 7) is 2.00. The van der Waals surface area contributed by atoms with Crippen LogP contribution in [-0.2, 0) is 4.74 Å². The normalized spacial score (nSPS) is 14.9. The molecule has 1 aliphatic heterocycles. The van der Waals surface area contributed by atoms with Gasteiger partial charge in [-0.15, -0.1) is 12.4 Å². The molecule has 1 saturated heterocycles. The summed E-state index contributed by atoms with van der Waals surface area (Å²) in [5.41, 5.74) is 10.00. The average molecular weight is 377 g/mol. The van der Waals surface area contributed by atoms with E-state index < -0.39 is 22.3 Å². The van der Waals surface area contributed by atoms with Crippen molar-refractivity contribution in [2.24, 2.45) is 5.73 Å². The third kappa shape index (κ3) is 5.25. The Morgan fingerprint density at radius 2 is 2.04 bits per heavy atom. The number of hydrogen-bond donors (Lipinski definition) is 2. The molecule has 0 spiro atoms. The molecule has 1 aromatic carbocycles. The summed E-state index contributed by atoms with van der Waals surface area (Å²) in [6, 6.07) is 1.65. The minimum Gasteiger partial charge on any atom is -0.393 e. The Balaban J connectivity index is 0.00000312. The topological polar surface area (TPSA) is 125 Å². The minimum atomic E-state index is -0.862. The summed E-state index contributed by atoms with van der Waals surface area (Å²) in [7, 11) is 0. The molecule has 1 amide bonds. The number of rotatable bonds is 6. The number of piperidine rings is 1. The maximum Gasteiger partial charge on any atom is 0.295 e. The first-order valence-corrected chi connectivity index (χ1v) is 7.78. The van der Waals surface area contributed by atoms with Crippen molar-refractivity contribution < 1.29 is 18.8 Å². The number of benzene rings is 1. The van der Waals surface area contributed by atoms with Crippen molar-refractivity contribution in [2.75, 3.05) is 32.0 Å². The van der Waals surface area contributed by atoms with Crippen LogP contribution < -0.4 is 11.5 Å². The molecule has 4 N–H and O–H groups in total. The van der Waals surface area contributed by atoms with Gasteiger partial charge in [-0.1, -0.05) is 0 Å². The third-order valence-corrected chi connectivity index (χ3v) is 3.98. The highest BCUT2D eigenvalue weighted by atomic mass is 35.5. The second-order valence-corrected chi connectivity index (χ2v) is 5.65. The summed E-state index contributed by atoms with van der Waals surface area (Å²) >= 11 is 0. The molecule has 0 aromatic heterocycles. The first-order valence-electron chi connectivity index (χ1n) is 7.78. The average Bonchev–Trinajstić information content (AvgIpc) is 2.56. The van der Waals surface area contributed by atoms with E-state index >= 15 is 0 Å². The molecular weight excluding hydrogens is 355 g/mol. The van der Waals surface area contributed by atoms with Crippen LogP contribution in [0.1, 0.15) is 29.6 Å². The molecule has 2 rings (SSSR count). The Kier molecular flexibility index (Phi) is 8.01. The standard InChI is InChI=1S/C15H21FN4O4.ClH/c16-10-8-12(14(18)13(9-10)20(22)23)15(21)19-5-2-11(3-6-19)24-7-1-4-17;/h8-9,11H,1-7,17-18H2;1H. The number of ether oxygens (including phenoxy) is 1. The number of nitro benzene ring substituents is 1. The number of nitrogen functional groups attached to an aromatic ring is 1. The van der Waals surface area contributed by atoms with Crippen LogP contribution in [0.5, 0.6) is 0 Å². The van der Waals surface area contributed by atoms with E-state index in [2.05, 4.69) is 0 Å². The van der Waals surface area contributed by atoms with Gasteiger partial charge in [0.2, 0.25) is 0 Å². The van der Waals surface area contributed by atoms with Gasteiger partial charge in [-0.2, -0.15) is 0 Å². The fourth-order valence-electron chi connectivity index (χ4n) is 2.66. The molecule has 0 radical (unpaired) electrons. The van der Waals surface area contributed by atoms with Gasteiger partial charge in [0.25, 0.3) is 11.6 Å². The molecule has 1 aliphatic rings. The fourth-order valence-corrected chi connectivity index (χ4v) is 2.66. The van der Waals surface area contributed by atoms with Crippen LogP contribution in [0.3, 0.4) is 0 Å². The Morgan fingerprint density at radius 3 is 2.60 bits per heavy atom. The lowest BCUT2D eigenvalue weighted by atomic mass is 10.0. The largest absolute Gasteiger partial charge is 0.393 e. The zero-order valence-corrected chi connectivity index (χ0v) is 14.5. The molecule has 1 fully saturated rings. The lowest BCUT2D eigenvalue weighted by Crippen LogP contribution is -2.41. The number of nitro groups is 1. The van der Waals surface area contributed by atoms with Gasteiger partial charge in [-0.3, -0.25) is 14.9 Å². The van der Waals surface area contributed by atoms with E-state index in [1.165, 1.54) is 4.90 Å². The number of amides is 1. The SMILES string of the molecule is Cl.NCCCOC1CCN(C(=O)c2cc(F)cc([N+](=O)[O-])c2N)CC1. The van der Waals surface area contributed by atoms with Crippen molar-refractivity contribution in [3.63, 3.8) is 0 Å². The Labute approximate surface area is 150 Å². The Bertz CT molecular complexity index is 624. The maximum atomic E-state index is 13.6. The monoisotopic (exact) mass is 376 g/mol. The lowest BCUT2D eigenvalue weighted by molar-refractivity contribution is -0.384. The summed E-state index contributed by atoms with van der Waals surface area (Å²) in [6.07, 6.45) is 2.13. The number of anilines is 1. The van der Waals surface area contributed by atoms with Crippen molar-refractivity contribution >= 4 is 29.7 Å². The highest BCUT2D eigenvalue weighted by Gasteiger charge is 2.28. The first-order chi connectivity index (χ1) is 11.4. The predicted octanol–water partition coefficient (Wildman–Crippen LogP) is 1.71. The number of nitrogens with two attached hydrogens (primary N) is 2. The molecule has 140 valence electrons. The second-order valence-electron chi connectivity index (χ2n) is 5.65.